The van der Waals surface area contributed by atoms with Crippen LogP contribution in [0.1, 0.15) is 59.3 Å². The number of hydrogen-bond donors (Lipinski definition) is 1. The molecule has 0 aliphatic heterocycles. The summed E-state index contributed by atoms with van der Waals surface area (Å²) < 4.78 is 5.58. The van der Waals surface area contributed by atoms with E-state index in [0.717, 1.165) is 24.7 Å². The van der Waals surface area contributed by atoms with E-state index in [1.54, 1.807) is 18.3 Å². The van der Waals surface area contributed by atoms with Crippen LogP contribution in [0.4, 0.5) is 0 Å². The number of hydrogen-bond acceptors (Lipinski definition) is 3. The van der Waals surface area contributed by atoms with Crippen molar-refractivity contribution in [2.24, 2.45) is 28.6 Å². The zero-order valence-corrected chi connectivity index (χ0v) is 18.2. The summed E-state index contributed by atoms with van der Waals surface area (Å²) in [6.07, 6.45) is 11.6. The lowest BCUT2D eigenvalue weighted by Crippen LogP contribution is -2.53. The first-order valence-electron chi connectivity index (χ1n) is 11.0. The Labute approximate surface area is 165 Å². The second kappa shape index (κ2) is 6.71. The first-order chi connectivity index (χ1) is 12.7. The van der Waals surface area contributed by atoms with E-state index in [1.807, 2.05) is 0 Å². The van der Waals surface area contributed by atoms with Crippen LogP contribution in [0.25, 0.3) is 0 Å². The van der Waals surface area contributed by atoms with Crippen molar-refractivity contribution in [1.29, 1.82) is 0 Å². The highest BCUT2D eigenvalue weighted by Gasteiger charge is 2.58. The standard InChI is InChI=1S/C24H39NO2/c1-15(25(4)5)18-9-10-19-17-8-7-16-13-22(27-6)21(26)14-24(16,3)20(17)11-12-23(18,19)2/h7,9,15,17,19-22,26H,8,10-14H2,1-6H3. The summed E-state index contributed by atoms with van der Waals surface area (Å²) in [5.74, 6) is 2.23. The summed E-state index contributed by atoms with van der Waals surface area (Å²) in [7, 11) is 6.16. The van der Waals surface area contributed by atoms with Crippen molar-refractivity contribution < 1.29 is 9.84 Å². The van der Waals surface area contributed by atoms with Crippen LogP contribution in [0.3, 0.4) is 0 Å². The van der Waals surface area contributed by atoms with Gasteiger partial charge in [0.1, 0.15) is 0 Å². The molecule has 0 spiro atoms. The molecule has 27 heavy (non-hydrogen) atoms. The molecule has 4 aliphatic carbocycles. The third kappa shape index (κ3) is 2.80. The summed E-state index contributed by atoms with van der Waals surface area (Å²) >= 11 is 0. The van der Waals surface area contributed by atoms with Crippen LogP contribution >= 0.6 is 0 Å². The molecule has 1 N–H and O–H groups in total. The van der Waals surface area contributed by atoms with Crippen LogP contribution in [0.2, 0.25) is 0 Å². The molecule has 0 aromatic rings. The first kappa shape index (κ1) is 19.7. The molecule has 3 nitrogen and oxygen atoms in total. The molecule has 0 aromatic carbocycles. The van der Waals surface area contributed by atoms with Gasteiger partial charge in [0.15, 0.2) is 0 Å². The molecule has 0 aromatic heterocycles. The Hall–Kier alpha value is -0.640. The fourth-order valence-corrected chi connectivity index (χ4v) is 7.44. The molecule has 2 saturated carbocycles. The maximum Gasteiger partial charge on any atom is 0.0867 e. The molecule has 0 saturated heterocycles. The summed E-state index contributed by atoms with van der Waals surface area (Å²) in [4.78, 5) is 2.37. The van der Waals surface area contributed by atoms with E-state index in [-0.39, 0.29) is 17.6 Å². The predicted molar refractivity (Wildman–Crippen MR) is 111 cm³/mol. The smallest absolute Gasteiger partial charge is 0.0867 e. The normalized spacial score (nSPS) is 47.6. The Morgan fingerprint density at radius 1 is 1.15 bits per heavy atom. The molecule has 0 amide bonds. The van der Waals surface area contributed by atoms with Gasteiger partial charge in [-0.05, 0) is 88.1 Å². The average molecular weight is 374 g/mol. The quantitative estimate of drug-likeness (QED) is 0.743. The van der Waals surface area contributed by atoms with Crippen LogP contribution < -0.4 is 0 Å². The maximum absolute atomic E-state index is 10.7. The molecule has 3 heteroatoms. The van der Waals surface area contributed by atoms with E-state index in [2.05, 4.69) is 51.9 Å². The van der Waals surface area contributed by atoms with Gasteiger partial charge in [0.05, 0.1) is 12.2 Å². The predicted octanol–water partition coefficient (Wildman–Crippen LogP) is 4.42. The summed E-state index contributed by atoms with van der Waals surface area (Å²) in [6.45, 7) is 7.36. The van der Waals surface area contributed by atoms with E-state index < -0.39 is 0 Å². The third-order valence-corrected chi connectivity index (χ3v) is 9.28. The van der Waals surface area contributed by atoms with Gasteiger partial charge in [-0.1, -0.05) is 37.1 Å². The van der Waals surface area contributed by atoms with E-state index in [9.17, 15) is 5.11 Å². The highest BCUT2D eigenvalue weighted by Crippen LogP contribution is 2.65. The van der Waals surface area contributed by atoms with Crippen molar-refractivity contribution in [1.82, 2.24) is 4.90 Å². The molecule has 152 valence electrons. The molecule has 8 unspecified atom stereocenters. The number of allylic oxidation sites excluding steroid dienone is 2. The van der Waals surface area contributed by atoms with Crippen LogP contribution in [0.5, 0.6) is 0 Å². The molecular weight excluding hydrogens is 334 g/mol. The van der Waals surface area contributed by atoms with Gasteiger partial charge < -0.3 is 14.7 Å². The second-order valence-corrected chi connectivity index (χ2v) is 10.5. The van der Waals surface area contributed by atoms with E-state index >= 15 is 0 Å². The molecule has 0 bridgehead atoms. The second-order valence-electron chi connectivity index (χ2n) is 10.5. The van der Waals surface area contributed by atoms with Gasteiger partial charge in [0, 0.05) is 13.2 Å². The monoisotopic (exact) mass is 373 g/mol. The van der Waals surface area contributed by atoms with Gasteiger partial charge >= 0.3 is 0 Å². The highest BCUT2D eigenvalue weighted by molar-refractivity contribution is 5.32. The largest absolute Gasteiger partial charge is 0.390 e. The molecule has 2 fully saturated rings. The van der Waals surface area contributed by atoms with Crippen LogP contribution in [-0.4, -0.2) is 49.5 Å². The SMILES string of the molecule is COC1CC2=CCC3C(CCC4(C)C(C(C)N(C)C)=CCC34)C2(C)CC1O. The number of rotatable bonds is 3. The van der Waals surface area contributed by atoms with Crippen LogP contribution in [-0.2, 0) is 4.74 Å². The molecule has 4 rings (SSSR count). The van der Waals surface area contributed by atoms with Crippen molar-refractivity contribution in [2.75, 3.05) is 21.2 Å². The van der Waals surface area contributed by atoms with Crippen molar-refractivity contribution in [3.8, 4) is 0 Å². The highest BCUT2D eigenvalue weighted by atomic mass is 16.5. The number of nitrogens with zero attached hydrogens (tertiary/aromatic N) is 1. The fourth-order valence-electron chi connectivity index (χ4n) is 7.44. The lowest BCUT2D eigenvalue weighted by molar-refractivity contribution is -0.0889. The lowest BCUT2D eigenvalue weighted by atomic mass is 9.47. The van der Waals surface area contributed by atoms with Gasteiger partial charge in [-0.15, -0.1) is 0 Å². The van der Waals surface area contributed by atoms with Gasteiger partial charge in [-0.25, -0.2) is 0 Å². The summed E-state index contributed by atoms with van der Waals surface area (Å²) in [5, 5.41) is 10.7. The minimum Gasteiger partial charge on any atom is -0.390 e. The van der Waals surface area contributed by atoms with Crippen molar-refractivity contribution in [3.63, 3.8) is 0 Å². The number of fused-ring (bicyclic) bond motifs is 5. The van der Waals surface area contributed by atoms with Crippen molar-refractivity contribution in [2.45, 2.75) is 77.5 Å². The summed E-state index contributed by atoms with van der Waals surface area (Å²) in [6, 6.07) is 0.529. The number of aliphatic hydroxyl groups excluding tert-OH is 1. The Morgan fingerprint density at radius 2 is 1.89 bits per heavy atom. The number of methoxy groups -OCH3 is 1. The van der Waals surface area contributed by atoms with E-state index in [0.29, 0.717) is 17.4 Å². The zero-order valence-electron chi connectivity index (χ0n) is 18.2. The van der Waals surface area contributed by atoms with Crippen LogP contribution in [0, 0.1) is 28.6 Å². The first-order valence-corrected chi connectivity index (χ1v) is 11.0. The Morgan fingerprint density at radius 3 is 2.56 bits per heavy atom. The third-order valence-electron chi connectivity index (χ3n) is 9.28. The molecule has 0 heterocycles. The average Bonchev–Trinajstić information content (AvgIpc) is 2.97. The van der Waals surface area contributed by atoms with Gasteiger partial charge in [-0.2, -0.15) is 0 Å². The van der Waals surface area contributed by atoms with Crippen LogP contribution in [0.15, 0.2) is 23.3 Å². The van der Waals surface area contributed by atoms with Crippen molar-refractivity contribution >= 4 is 0 Å². The zero-order chi connectivity index (χ0) is 19.6. The topological polar surface area (TPSA) is 32.7 Å². The minimum absolute atomic E-state index is 0.0181. The molecule has 0 radical (unpaired) electrons. The van der Waals surface area contributed by atoms with Gasteiger partial charge in [0.2, 0.25) is 0 Å². The molecular formula is C24H39NO2. The molecule has 4 aliphatic rings. The number of likely N-dealkylation sites (N-methyl/N-ethyl adjacent to an activating group) is 1. The number of ether oxygens (including phenoxy) is 1. The Bertz CT molecular complexity index is 653. The number of aliphatic hydroxyl groups is 1. The molecule has 8 atom stereocenters. The minimum atomic E-state index is -0.324. The maximum atomic E-state index is 10.7. The Balaban J connectivity index is 1.62. The lowest BCUT2D eigenvalue weighted by Gasteiger charge is -2.58. The fraction of sp³-hybridized carbons (Fsp3) is 0.833. The Kier molecular flexibility index (Phi) is 4.89. The van der Waals surface area contributed by atoms with E-state index in [4.69, 9.17) is 4.74 Å². The van der Waals surface area contributed by atoms with Gasteiger partial charge in [-0.3, -0.25) is 0 Å². The van der Waals surface area contributed by atoms with Crippen molar-refractivity contribution in [3.05, 3.63) is 23.3 Å². The van der Waals surface area contributed by atoms with Gasteiger partial charge in [0.25, 0.3) is 0 Å². The van der Waals surface area contributed by atoms with E-state index in [1.165, 1.54) is 25.7 Å². The summed E-state index contributed by atoms with van der Waals surface area (Å²) in [5.41, 5.74) is 3.76.